The number of fused-ring (bicyclic) bond motifs is 2. The minimum Gasteiger partial charge on any atom is -0.508 e. The fraction of sp³-hybridized carbons (Fsp3) is 0.444. The van der Waals surface area contributed by atoms with Gasteiger partial charge in [0.1, 0.15) is 42.9 Å². The van der Waals surface area contributed by atoms with Gasteiger partial charge in [0.2, 0.25) is 6.29 Å². The first-order valence-corrected chi connectivity index (χ1v) is 12.6. The molecular formula is C27H28O14. The Balaban J connectivity index is 1.45. The summed E-state index contributed by atoms with van der Waals surface area (Å²) in [6.45, 7) is 0.664. The van der Waals surface area contributed by atoms with Crippen molar-refractivity contribution in [2.75, 3.05) is 6.61 Å². The highest BCUT2D eigenvalue weighted by Gasteiger charge is 2.60. The van der Waals surface area contributed by atoms with Gasteiger partial charge in [0.25, 0.3) is 0 Å². The van der Waals surface area contributed by atoms with Crippen LogP contribution in [0.4, 0.5) is 0 Å². The van der Waals surface area contributed by atoms with Crippen LogP contribution >= 0.6 is 0 Å². The molecule has 1 aromatic rings. The van der Waals surface area contributed by atoms with E-state index in [9.17, 15) is 45.0 Å². The van der Waals surface area contributed by atoms with Crippen molar-refractivity contribution in [3.05, 3.63) is 65.5 Å². The van der Waals surface area contributed by atoms with Crippen molar-refractivity contribution in [1.29, 1.82) is 0 Å². The third kappa shape index (κ3) is 5.21. The van der Waals surface area contributed by atoms with Crippen LogP contribution in [0.15, 0.2) is 59.9 Å². The average Bonchev–Trinajstić information content (AvgIpc) is 3.47. The van der Waals surface area contributed by atoms with Gasteiger partial charge >= 0.3 is 17.9 Å². The SMILES string of the molecule is CC(=O)OC[C@H]1O[C@@H](O[C@@H]2OC=C(C(=O)O)[C@H]3C=C[C@@]4(C=C([C@@H](O)c5ccc(O)cc5)C(=O)O4)[C@@H]23)[C@H](O)[C@@H](O)[C@@H]1O. The molecule has 3 heterocycles. The van der Waals surface area contributed by atoms with Crippen LogP contribution in [0.5, 0.6) is 5.75 Å². The standard InChI is InChI=1S/C27H28O14/c1-11(28)37-10-17-20(31)21(32)22(33)26(39-17)40-25-18-14(16(9-38-25)23(34)35)6-7-27(18)8-15(24(36)41-27)19(30)12-2-4-13(29)5-3-12/h2-9,14,17-22,25-26,29-33H,10H2,1H3,(H,34,35)/t14-,17-,18-,19+,20-,21+,22-,25+,26+,27-/m1/s1. The van der Waals surface area contributed by atoms with Crippen LogP contribution in [0.1, 0.15) is 18.6 Å². The number of phenolic OH excluding ortho intramolecular Hbond substituents is 1. The van der Waals surface area contributed by atoms with Gasteiger partial charge in [-0.2, -0.15) is 0 Å². The molecule has 10 atom stereocenters. The number of aliphatic hydroxyl groups is 4. The van der Waals surface area contributed by atoms with Crippen LogP contribution in [-0.4, -0.2) is 97.8 Å². The van der Waals surface area contributed by atoms with E-state index in [1.165, 1.54) is 42.5 Å². The summed E-state index contributed by atoms with van der Waals surface area (Å²) in [5.74, 6) is -4.95. The zero-order chi connectivity index (χ0) is 29.6. The largest absolute Gasteiger partial charge is 0.508 e. The van der Waals surface area contributed by atoms with Gasteiger partial charge in [0.15, 0.2) is 11.9 Å². The fourth-order valence-corrected chi connectivity index (χ4v) is 5.38. The maximum atomic E-state index is 13.0. The summed E-state index contributed by atoms with van der Waals surface area (Å²) in [7, 11) is 0. The highest BCUT2D eigenvalue weighted by molar-refractivity contribution is 5.94. The number of benzene rings is 1. The Hall–Kier alpha value is -3.79. The minimum absolute atomic E-state index is 0.0471. The summed E-state index contributed by atoms with van der Waals surface area (Å²) in [5.41, 5.74) is -1.71. The zero-order valence-electron chi connectivity index (χ0n) is 21.5. The molecule has 0 saturated carbocycles. The van der Waals surface area contributed by atoms with Crippen LogP contribution in [0.3, 0.4) is 0 Å². The lowest BCUT2D eigenvalue weighted by Gasteiger charge is -2.44. The Labute approximate surface area is 232 Å². The molecule has 1 aliphatic carbocycles. The number of carboxylic acids is 1. The summed E-state index contributed by atoms with van der Waals surface area (Å²) in [6.07, 6.45) is -5.83. The van der Waals surface area contributed by atoms with Crippen molar-refractivity contribution in [2.45, 2.75) is 55.6 Å². The maximum absolute atomic E-state index is 13.0. The van der Waals surface area contributed by atoms with E-state index in [0.29, 0.717) is 0 Å². The van der Waals surface area contributed by atoms with E-state index in [1.807, 2.05) is 0 Å². The Morgan fingerprint density at radius 1 is 1.07 bits per heavy atom. The van der Waals surface area contributed by atoms with E-state index in [0.717, 1.165) is 13.2 Å². The first-order valence-electron chi connectivity index (χ1n) is 12.6. The van der Waals surface area contributed by atoms with E-state index >= 15 is 0 Å². The van der Waals surface area contributed by atoms with Gasteiger partial charge in [-0.15, -0.1) is 0 Å². The lowest BCUT2D eigenvalue weighted by atomic mass is 9.78. The smallest absolute Gasteiger partial charge is 0.338 e. The van der Waals surface area contributed by atoms with Crippen LogP contribution in [0.25, 0.3) is 0 Å². The van der Waals surface area contributed by atoms with Crippen LogP contribution in [0, 0.1) is 11.8 Å². The summed E-state index contributed by atoms with van der Waals surface area (Å²) < 4.78 is 27.6. The van der Waals surface area contributed by atoms with Crippen LogP contribution in [0.2, 0.25) is 0 Å². The molecule has 41 heavy (non-hydrogen) atoms. The Bertz CT molecular complexity index is 1300. The van der Waals surface area contributed by atoms with E-state index in [1.54, 1.807) is 0 Å². The highest BCUT2D eigenvalue weighted by atomic mass is 16.8. The molecule has 5 rings (SSSR count). The third-order valence-corrected chi connectivity index (χ3v) is 7.48. The van der Waals surface area contributed by atoms with Crippen molar-refractivity contribution >= 4 is 17.9 Å². The normalized spacial score (nSPS) is 36.6. The molecule has 6 N–H and O–H groups in total. The fourth-order valence-electron chi connectivity index (χ4n) is 5.38. The van der Waals surface area contributed by atoms with Crippen LogP contribution in [-0.2, 0) is 38.1 Å². The third-order valence-electron chi connectivity index (χ3n) is 7.48. The number of carbonyl (C=O) groups is 3. The van der Waals surface area contributed by atoms with Gasteiger partial charge in [-0.1, -0.05) is 18.2 Å². The number of rotatable bonds is 7. The number of phenols is 1. The predicted molar refractivity (Wildman–Crippen MR) is 131 cm³/mol. The molecule has 0 unspecified atom stereocenters. The van der Waals surface area contributed by atoms with Gasteiger partial charge < -0.3 is 54.3 Å². The first-order chi connectivity index (χ1) is 19.4. The molecule has 0 bridgehead atoms. The molecule has 1 aromatic carbocycles. The molecule has 1 saturated heterocycles. The summed E-state index contributed by atoms with van der Waals surface area (Å²) in [6, 6.07) is 5.50. The van der Waals surface area contributed by atoms with Gasteiger partial charge in [0, 0.05) is 12.8 Å². The number of allylic oxidation sites excluding steroid dienone is 1. The quantitative estimate of drug-likeness (QED) is 0.172. The molecule has 220 valence electrons. The van der Waals surface area contributed by atoms with Gasteiger partial charge in [-0.3, -0.25) is 4.79 Å². The van der Waals surface area contributed by atoms with E-state index in [-0.39, 0.29) is 22.5 Å². The van der Waals surface area contributed by atoms with E-state index in [4.69, 9.17) is 23.7 Å². The van der Waals surface area contributed by atoms with Crippen molar-refractivity contribution in [3.63, 3.8) is 0 Å². The number of aromatic hydroxyl groups is 1. The zero-order valence-corrected chi connectivity index (χ0v) is 21.5. The number of aliphatic carboxylic acids is 1. The van der Waals surface area contributed by atoms with Gasteiger partial charge in [-0.05, 0) is 29.8 Å². The summed E-state index contributed by atoms with van der Waals surface area (Å²) >= 11 is 0. The second-order valence-corrected chi connectivity index (χ2v) is 10.1. The number of hydrogen-bond acceptors (Lipinski definition) is 13. The van der Waals surface area contributed by atoms with Crippen LogP contribution < -0.4 is 0 Å². The lowest BCUT2D eigenvalue weighted by Crippen LogP contribution is -2.61. The average molecular weight is 577 g/mol. The topological polar surface area (TPSA) is 219 Å². The minimum atomic E-state index is -1.80. The van der Waals surface area contributed by atoms with Gasteiger partial charge in [0.05, 0.1) is 23.3 Å². The maximum Gasteiger partial charge on any atom is 0.338 e. The first kappa shape index (κ1) is 28.7. The monoisotopic (exact) mass is 576 g/mol. The number of esters is 2. The lowest BCUT2D eigenvalue weighted by molar-refractivity contribution is -0.344. The molecule has 3 aliphatic heterocycles. The summed E-state index contributed by atoms with van der Waals surface area (Å²) in [4.78, 5) is 36.2. The van der Waals surface area contributed by atoms with Gasteiger partial charge in [-0.25, -0.2) is 9.59 Å². The second kappa shape index (κ2) is 10.9. The highest BCUT2D eigenvalue weighted by Crippen LogP contribution is 2.51. The molecule has 0 aromatic heterocycles. The van der Waals surface area contributed by atoms with Crippen molar-refractivity contribution < 1.29 is 68.7 Å². The predicted octanol–water partition coefficient (Wildman–Crippen LogP) is -0.838. The molecule has 14 heteroatoms. The molecule has 4 aliphatic rings. The number of carbonyl (C=O) groups excluding carboxylic acids is 2. The van der Waals surface area contributed by atoms with Crippen molar-refractivity contribution in [3.8, 4) is 5.75 Å². The van der Waals surface area contributed by atoms with E-state index < -0.39 is 85.1 Å². The Morgan fingerprint density at radius 2 is 1.78 bits per heavy atom. The number of hydrogen-bond donors (Lipinski definition) is 6. The summed E-state index contributed by atoms with van der Waals surface area (Å²) in [5, 5.41) is 61.5. The number of aliphatic hydroxyl groups excluding tert-OH is 4. The molecule has 14 nitrogen and oxygen atoms in total. The second-order valence-electron chi connectivity index (χ2n) is 10.1. The number of carboxylic acid groups (broad SMARTS) is 1. The molecular weight excluding hydrogens is 548 g/mol. The Kier molecular flexibility index (Phi) is 7.63. The Morgan fingerprint density at radius 3 is 2.44 bits per heavy atom. The number of ether oxygens (including phenoxy) is 5. The van der Waals surface area contributed by atoms with Crippen molar-refractivity contribution in [2.24, 2.45) is 11.8 Å². The molecule has 1 spiro atoms. The molecule has 0 amide bonds. The van der Waals surface area contributed by atoms with E-state index in [2.05, 4.69) is 0 Å². The molecule has 1 fully saturated rings. The van der Waals surface area contributed by atoms with Crippen molar-refractivity contribution in [1.82, 2.24) is 0 Å². The molecule has 0 radical (unpaired) electrons.